The first kappa shape index (κ1) is 36.5. The Hall–Kier alpha value is -2.38. The van der Waals surface area contributed by atoms with E-state index in [1.165, 1.54) is 12.0 Å². The second kappa shape index (κ2) is 15.2. The monoisotopic (exact) mass is 732 g/mol. The number of methoxy groups -OCH3 is 1. The number of nitrogen functional groups attached to an aromatic ring is 3. The maximum absolute atomic E-state index is 13.6. The smallest absolute Gasteiger partial charge is 0.393 e. The Morgan fingerprint density at radius 1 is 1.17 bits per heavy atom. The van der Waals surface area contributed by atoms with E-state index in [0.29, 0.717) is 5.69 Å². The number of ether oxygens (including phenoxy) is 2. The first-order chi connectivity index (χ1) is 21.7. The number of aromatic amines is 2. The second-order valence-corrected chi connectivity index (χ2v) is 12.9. The molecular formula is C20H34N10O12P2S2. The molecule has 1 saturated heterocycles. The number of aromatic nitrogens is 4. The van der Waals surface area contributed by atoms with Gasteiger partial charge in [0.1, 0.15) is 53.5 Å². The summed E-state index contributed by atoms with van der Waals surface area (Å²) in [5.74, 6) is 0.185. The number of rotatable bonds is 15. The SMILES string of the molecule is COC(COP(=O)(OC)OC1C(COP(O)O)OC(Nc2[nH]c(N)nc(=S)c2N)C1O)C(O)C(O)N1CNc2c1[nH]c(N)nc2=S. The van der Waals surface area contributed by atoms with Gasteiger partial charge in [-0.05, 0) is 0 Å². The van der Waals surface area contributed by atoms with Crippen molar-refractivity contribution in [1.82, 2.24) is 19.9 Å². The van der Waals surface area contributed by atoms with Crippen LogP contribution in [-0.4, -0.2) is 122 Å². The number of aliphatic hydroxyl groups is 3. The Labute approximate surface area is 271 Å². The molecule has 0 aromatic carbocycles. The number of anilines is 6. The minimum Gasteiger partial charge on any atom is -0.393 e. The van der Waals surface area contributed by atoms with Gasteiger partial charge >= 0.3 is 16.4 Å². The fourth-order valence-corrected chi connectivity index (χ4v) is 6.35. The standard InChI is InChI=1S/C20H34N10O12P2S2/c1-37-6(10(31)18(33)30-5-24-9-14(30)27-20(23)29-17(9)46)4-40-44(36,38-2)42-12-7(3-39-43(34)35)41-15(11(12)32)25-13-8(21)16(45)28-19(22)26-13/h6-7,10-12,15,18,24,31-35H,3-5,21H2,1-2H3,(H3,23,27,29,46)(H4,22,25,26,28,45). The summed E-state index contributed by atoms with van der Waals surface area (Å²) in [5.41, 5.74) is 17.7. The lowest BCUT2D eigenvalue weighted by molar-refractivity contribution is -0.0944. The van der Waals surface area contributed by atoms with Gasteiger partial charge in [0.15, 0.2) is 33.6 Å². The molecule has 1 fully saturated rings. The molecule has 0 radical (unpaired) electrons. The third kappa shape index (κ3) is 8.18. The van der Waals surface area contributed by atoms with E-state index in [-0.39, 0.29) is 45.2 Å². The van der Waals surface area contributed by atoms with Crippen molar-refractivity contribution >= 4 is 75.8 Å². The van der Waals surface area contributed by atoms with Gasteiger partial charge in [0.2, 0.25) is 0 Å². The van der Waals surface area contributed by atoms with Crippen molar-refractivity contribution in [3.05, 3.63) is 9.28 Å². The Morgan fingerprint density at radius 3 is 2.50 bits per heavy atom. The first-order valence-electron chi connectivity index (χ1n) is 13.0. The Kier molecular flexibility index (Phi) is 12.1. The van der Waals surface area contributed by atoms with E-state index in [1.807, 2.05) is 0 Å². The number of fused-ring (bicyclic) bond motifs is 1. The van der Waals surface area contributed by atoms with E-state index in [2.05, 4.69) is 30.6 Å². The molecule has 2 aromatic heterocycles. The summed E-state index contributed by atoms with van der Waals surface area (Å²) in [4.78, 5) is 32.9. The predicted octanol–water partition coefficient (Wildman–Crippen LogP) is -1.20. The van der Waals surface area contributed by atoms with Gasteiger partial charge in [0.05, 0.1) is 19.9 Å². The van der Waals surface area contributed by atoms with Crippen molar-refractivity contribution in [3.63, 3.8) is 0 Å². The largest absolute Gasteiger partial charge is 0.475 e. The molecule has 0 amide bonds. The van der Waals surface area contributed by atoms with Crippen molar-refractivity contribution in [1.29, 1.82) is 0 Å². The maximum Gasteiger partial charge on any atom is 0.475 e. The highest BCUT2D eigenvalue weighted by atomic mass is 32.1. The summed E-state index contributed by atoms with van der Waals surface area (Å²) in [7, 11) is -5.25. The lowest BCUT2D eigenvalue weighted by Crippen LogP contribution is -2.51. The Morgan fingerprint density at radius 2 is 1.85 bits per heavy atom. The van der Waals surface area contributed by atoms with Crippen molar-refractivity contribution < 1.29 is 57.2 Å². The summed E-state index contributed by atoms with van der Waals surface area (Å²) in [6.07, 6.45) is -10.4. The van der Waals surface area contributed by atoms with Gasteiger partial charge in [0.25, 0.3) is 0 Å². The zero-order chi connectivity index (χ0) is 33.9. The van der Waals surface area contributed by atoms with Crippen LogP contribution in [0.5, 0.6) is 0 Å². The van der Waals surface area contributed by atoms with Crippen molar-refractivity contribution in [2.24, 2.45) is 0 Å². The Bertz CT molecular complexity index is 1540. The highest BCUT2D eigenvalue weighted by Gasteiger charge is 2.49. The molecule has 15 N–H and O–H groups in total. The number of phosphoric ester groups is 1. The third-order valence-corrected chi connectivity index (χ3v) is 9.16. The van der Waals surface area contributed by atoms with Gasteiger partial charge in [-0.2, -0.15) is 0 Å². The molecule has 2 aromatic rings. The van der Waals surface area contributed by atoms with Crippen LogP contribution in [0.3, 0.4) is 0 Å². The molecule has 8 unspecified atom stereocenters. The van der Waals surface area contributed by atoms with Crippen LogP contribution in [0.4, 0.5) is 34.9 Å². The van der Waals surface area contributed by atoms with Crippen LogP contribution in [-0.2, 0) is 32.1 Å². The molecule has 0 saturated carbocycles. The van der Waals surface area contributed by atoms with E-state index < -0.39 is 72.6 Å². The zero-order valence-electron chi connectivity index (χ0n) is 24.0. The normalized spacial score (nSPS) is 24.3. The van der Waals surface area contributed by atoms with Gasteiger partial charge in [-0.3, -0.25) is 13.6 Å². The highest BCUT2D eigenvalue weighted by Crippen LogP contribution is 2.52. The first-order valence-corrected chi connectivity index (χ1v) is 16.5. The number of H-pyrrole nitrogens is 2. The number of nitrogens with two attached hydrogens (primary N) is 3. The summed E-state index contributed by atoms with van der Waals surface area (Å²) in [6, 6.07) is 0. The van der Waals surface area contributed by atoms with Crippen LogP contribution < -0.4 is 32.7 Å². The number of hydrogen-bond donors (Lipinski definition) is 12. The summed E-state index contributed by atoms with van der Waals surface area (Å²) in [5, 5.41) is 38.7. The average molecular weight is 733 g/mol. The third-order valence-electron chi connectivity index (χ3n) is 6.76. The molecule has 0 bridgehead atoms. The zero-order valence-corrected chi connectivity index (χ0v) is 27.5. The number of hydrogen-bond acceptors (Lipinski definition) is 22. The van der Waals surface area contributed by atoms with Crippen molar-refractivity contribution in [2.75, 3.05) is 66.8 Å². The van der Waals surface area contributed by atoms with E-state index in [9.17, 15) is 29.7 Å². The van der Waals surface area contributed by atoms with Gasteiger partial charge in [-0.1, -0.05) is 24.4 Å². The van der Waals surface area contributed by atoms with Crippen LogP contribution in [0.1, 0.15) is 0 Å². The molecule has 22 nitrogen and oxygen atoms in total. The minimum atomic E-state index is -4.60. The van der Waals surface area contributed by atoms with Gasteiger partial charge < -0.3 is 81.8 Å². The molecule has 4 rings (SSSR count). The van der Waals surface area contributed by atoms with Crippen LogP contribution in [0.25, 0.3) is 0 Å². The molecular weight excluding hydrogens is 698 g/mol. The summed E-state index contributed by atoms with van der Waals surface area (Å²) < 4.78 is 45.5. The lowest BCUT2D eigenvalue weighted by Gasteiger charge is -2.32. The molecule has 0 spiro atoms. The number of nitrogens with one attached hydrogen (secondary N) is 4. The van der Waals surface area contributed by atoms with Gasteiger partial charge in [0, 0.05) is 14.2 Å². The van der Waals surface area contributed by atoms with Crippen LogP contribution in [0.15, 0.2) is 0 Å². The van der Waals surface area contributed by atoms with E-state index >= 15 is 0 Å². The highest BCUT2D eigenvalue weighted by molar-refractivity contribution is 7.71. The molecule has 26 heteroatoms. The second-order valence-electron chi connectivity index (χ2n) is 9.62. The maximum atomic E-state index is 13.6. The number of phosphoric acid groups is 1. The van der Waals surface area contributed by atoms with Crippen molar-refractivity contribution in [3.8, 4) is 0 Å². The lowest BCUT2D eigenvalue weighted by atomic mass is 10.1. The predicted molar refractivity (Wildman–Crippen MR) is 167 cm³/mol. The topological polar surface area (TPSA) is 336 Å². The van der Waals surface area contributed by atoms with Gasteiger partial charge in [-0.25, -0.2) is 14.5 Å². The Balaban J connectivity index is 1.47. The molecule has 0 aliphatic carbocycles. The molecule has 2 aliphatic rings. The minimum absolute atomic E-state index is 0.0150. The quantitative estimate of drug-likeness (QED) is 0.0756. The number of nitrogens with zero attached hydrogens (tertiary/aromatic N) is 3. The van der Waals surface area contributed by atoms with Crippen LogP contribution in [0, 0.1) is 9.28 Å². The summed E-state index contributed by atoms with van der Waals surface area (Å²) >= 11 is 10.2. The fraction of sp³-hybridized carbons (Fsp3) is 0.600. The number of aliphatic hydroxyl groups excluding tert-OH is 3. The van der Waals surface area contributed by atoms with Crippen molar-refractivity contribution in [2.45, 2.75) is 43.0 Å². The van der Waals surface area contributed by atoms with Crippen LogP contribution in [0.2, 0.25) is 0 Å². The molecule has 2 aliphatic heterocycles. The molecule has 8 atom stereocenters. The molecule has 258 valence electrons. The summed E-state index contributed by atoms with van der Waals surface area (Å²) in [6.45, 7) is -1.19. The molecule has 4 heterocycles. The van der Waals surface area contributed by atoms with E-state index in [0.717, 1.165) is 7.11 Å². The van der Waals surface area contributed by atoms with Gasteiger partial charge in [-0.15, -0.1) is 0 Å². The average Bonchev–Trinajstić information content (AvgIpc) is 3.55. The van der Waals surface area contributed by atoms with Crippen LogP contribution >= 0.6 is 40.9 Å². The van der Waals surface area contributed by atoms with E-state index in [4.69, 9.17) is 69.2 Å². The molecule has 46 heavy (non-hydrogen) atoms. The fourth-order valence-electron chi connectivity index (χ4n) is 4.46. The van der Waals surface area contributed by atoms with E-state index in [1.54, 1.807) is 0 Å².